The minimum Gasteiger partial charge on any atom is -0.496 e. The largest absolute Gasteiger partial charge is 0.496 e. The molecule has 1 aliphatic rings. The predicted octanol–water partition coefficient (Wildman–Crippen LogP) is 4.08. The number of carboxylic acid groups (broad SMARTS) is 1. The van der Waals surface area contributed by atoms with E-state index >= 15 is 0 Å². The molecule has 0 saturated heterocycles. The highest BCUT2D eigenvalue weighted by molar-refractivity contribution is 6.42. The van der Waals surface area contributed by atoms with Crippen LogP contribution in [0.25, 0.3) is 0 Å². The second-order valence-corrected chi connectivity index (χ2v) is 6.50. The number of carbonyl (C=O) groups is 1. The molecule has 8 heteroatoms. The molecular weight excluding hydrogens is 367 g/mol. The first kappa shape index (κ1) is 19.7. The maximum absolute atomic E-state index is 11.3. The van der Waals surface area contributed by atoms with Gasteiger partial charge < -0.3 is 19.5 Å². The second-order valence-electron chi connectivity index (χ2n) is 5.72. The average molecular weight is 389 g/mol. The van der Waals surface area contributed by atoms with E-state index in [2.05, 4.69) is 4.99 Å². The summed E-state index contributed by atoms with van der Waals surface area (Å²) in [5, 5.41) is 10.1. The van der Waals surface area contributed by atoms with Gasteiger partial charge in [-0.15, -0.1) is 0 Å². The molecule has 138 valence electrons. The fourth-order valence-electron chi connectivity index (χ4n) is 3.05. The van der Waals surface area contributed by atoms with Crippen LogP contribution in [0, 0.1) is 0 Å². The molecule has 2 rings (SSSR count). The number of aliphatic imine (C=N–C) groups is 1. The van der Waals surface area contributed by atoms with E-state index in [0.29, 0.717) is 54.2 Å². The molecule has 0 fully saturated rings. The quantitative estimate of drug-likeness (QED) is 0.796. The highest BCUT2D eigenvalue weighted by Gasteiger charge is 2.29. The van der Waals surface area contributed by atoms with Crippen molar-refractivity contribution in [3.63, 3.8) is 0 Å². The third kappa shape index (κ3) is 4.30. The summed E-state index contributed by atoms with van der Waals surface area (Å²) >= 11 is 12.8. The smallest absolute Gasteiger partial charge is 0.407 e. The Labute approximate surface area is 157 Å². The van der Waals surface area contributed by atoms with Crippen molar-refractivity contribution in [3.8, 4) is 5.75 Å². The Bertz CT molecular complexity index is 679. The Kier molecular flexibility index (Phi) is 6.79. The Morgan fingerprint density at radius 1 is 1.40 bits per heavy atom. The van der Waals surface area contributed by atoms with Crippen molar-refractivity contribution < 1.29 is 19.4 Å². The Morgan fingerprint density at radius 2 is 2.12 bits per heavy atom. The van der Waals surface area contributed by atoms with E-state index in [1.54, 1.807) is 27.2 Å². The molecule has 0 saturated carbocycles. The molecule has 1 aromatic carbocycles. The topological polar surface area (TPSA) is 71.4 Å². The number of nitrogens with zero attached hydrogens (tertiary/aromatic N) is 2. The summed E-state index contributed by atoms with van der Waals surface area (Å²) in [6.07, 6.45) is 0.159. The fraction of sp³-hybridized carbons (Fsp3) is 0.529. The molecule has 25 heavy (non-hydrogen) atoms. The van der Waals surface area contributed by atoms with Gasteiger partial charge in [0.05, 0.1) is 24.3 Å². The van der Waals surface area contributed by atoms with Gasteiger partial charge in [0.2, 0.25) is 0 Å². The molecule has 1 aliphatic heterocycles. The first-order valence-corrected chi connectivity index (χ1v) is 8.78. The van der Waals surface area contributed by atoms with Gasteiger partial charge in [0.1, 0.15) is 5.75 Å². The summed E-state index contributed by atoms with van der Waals surface area (Å²) in [6.45, 7) is 3.11. The number of benzene rings is 1. The molecule has 1 heterocycles. The molecule has 1 N–H and O–H groups in total. The molecule has 0 spiro atoms. The average Bonchev–Trinajstić information content (AvgIpc) is 3.06. The number of methoxy groups -OCH3 is 2. The maximum atomic E-state index is 11.3. The Morgan fingerprint density at radius 3 is 2.64 bits per heavy atom. The zero-order valence-corrected chi connectivity index (χ0v) is 16.0. The lowest BCUT2D eigenvalue weighted by Crippen LogP contribution is -2.31. The van der Waals surface area contributed by atoms with Crippen LogP contribution < -0.4 is 4.74 Å². The Balaban J connectivity index is 2.39. The normalized spacial score (nSPS) is 16.5. The summed E-state index contributed by atoms with van der Waals surface area (Å²) < 4.78 is 10.7. The van der Waals surface area contributed by atoms with Crippen molar-refractivity contribution in [3.05, 3.63) is 27.2 Å². The molecule has 1 aromatic rings. The van der Waals surface area contributed by atoms with E-state index < -0.39 is 6.09 Å². The number of rotatable bonds is 6. The predicted molar refractivity (Wildman–Crippen MR) is 98.7 cm³/mol. The monoisotopic (exact) mass is 388 g/mol. The van der Waals surface area contributed by atoms with Crippen LogP contribution in [0.4, 0.5) is 4.79 Å². The lowest BCUT2D eigenvalue weighted by molar-refractivity contribution is 0.148. The van der Waals surface area contributed by atoms with E-state index in [1.165, 1.54) is 4.90 Å². The van der Waals surface area contributed by atoms with Gasteiger partial charge in [0.15, 0.2) is 5.90 Å². The van der Waals surface area contributed by atoms with Gasteiger partial charge in [-0.1, -0.05) is 23.2 Å². The first-order valence-electron chi connectivity index (χ1n) is 8.02. The summed E-state index contributed by atoms with van der Waals surface area (Å²) in [4.78, 5) is 17.0. The molecule has 1 atom stereocenters. The van der Waals surface area contributed by atoms with Gasteiger partial charge in [0.25, 0.3) is 0 Å². The molecule has 0 bridgehead atoms. The third-order valence-electron chi connectivity index (χ3n) is 4.38. The van der Waals surface area contributed by atoms with Crippen LogP contribution >= 0.6 is 23.2 Å². The van der Waals surface area contributed by atoms with Crippen LogP contribution in [0.1, 0.15) is 30.4 Å². The van der Waals surface area contributed by atoms with Gasteiger partial charge in [-0.2, -0.15) is 0 Å². The second kappa shape index (κ2) is 8.63. The van der Waals surface area contributed by atoms with Gasteiger partial charge in [-0.05, 0) is 18.9 Å². The van der Waals surface area contributed by atoms with Crippen LogP contribution in [0.2, 0.25) is 10.0 Å². The summed E-state index contributed by atoms with van der Waals surface area (Å²) in [5.74, 6) is 1.31. The summed E-state index contributed by atoms with van der Waals surface area (Å²) in [5.41, 5.74) is 1.73. The third-order valence-corrected chi connectivity index (χ3v) is 5.19. The van der Waals surface area contributed by atoms with Crippen LogP contribution in [0.15, 0.2) is 11.1 Å². The number of hydrogen-bond acceptors (Lipinski definition) is 4. The number of ether oxygens (including phenoxy) is 2. The lowest BCUT2D eigenvalue weighted by atomic mass is 9.90. The van der Waals surface area contributed by atoms with Crippen molar-refractivity contribution in [2.75, 3.05) is 33.9 Å². The van der Waals surface area contributed by atoms with Gasteiger partial charge in [-0.3, -0.25) is 4.99 Å². The fourth-order valence-corrected chi connectivity index (χ4v) is 3.58. The molecular formula is C17H22Cl2N2O4. The number of amides is 1. The van der Waals surface area contributed by atoms with Crippen molar-refractivity contribution in [2.24, 2.45) is 4.99 Å². The van der Waals surface area contributed by atoms with E-state index in [1.807, 2.05) is 0 Å². The highest BCUT2D eigenvalue weighted by Crippen LogP contribution is 2.42. The van der Waals surface area contributed by atoms with Crippen molar-refractivity contribution in [1.82, 2.24) is 4.90 Å². The minimum absolute atomic E-state index is 0.0324. The number of hydrogen-bond donors (Lipinski definition) is 1. The highest BCUT2D eigenvalue weighted by atomic mass is 35.5. The Hall–Kier alpha value is -1.66. The zero-order chi connectivity index (χ0) is 18.6. The lowest BCUT2D eigenvalue weighted by Gasteiger charge is -2.23. The van der Waals surface area contributed by atoms with Crippen molar-refractivity contribution in [1.29, 1.82) is 0 Å². The molecule has 0 aromatic heterocycles. The van der Waals surface area contributed by atoms with E-state index in [9.17, 15) is 9.90 Å². The van der Waals surface area contributed by atoms with Crippen molar-refractivity contribution >= 4 is 35.2 Å². The molecule has 1 unspecified atom stereocenters. The SMILES string of the molecule is CCN(CCc1c(OC)cc(Cl)c(Cl)c1C1CN=C(OC)C1)C(=O)O. The first-order chi connectivity index (χ1) is 11.9. The van der Waals surface area contributed by atoms with Crippen LogP contribution in [0.3, 0.4) is 0 Å². The van der Waals surface area contributed by atoms with Gasteiger partial charge >= 0.3 is 6.09 Å². The van der Waals surface area contributed by atoms with Crippen LogP contribution in [0.5, 0.6) is 5.75 Å². The maximum Gasteiger partial charge on any atom is 0.407 e. The van der Waals surface area contributed by atoms with E-state index in [-0.39, 0.29) is 5.92 Å². The van der Waals surface area contributed by atoms with Crippen LogP contribution in [-0.4, -0.2) is 55.9 Å². The molecule has 1 amide bonds. The van der Waals surface area contributed by atoms with Gasteiger partial charge in [0, 0.05) is 43.6 Å². The number of likely N-dealkylation sites (N-methyl/N-ethyl adjacent to an activating group) is 1. The summed E-state index contributed by atoms with van der Waals surface area (Å²) in [6, 6.07) is 1.67. The summed E-state index contributed by atoms with van der Waals surface area (Å²) in [7, 11) is 3.15. The van der Waals surface area contributed by atoms with Gasteiger partial charge in [-0.25, -0.2) is 4.79 Å². The molecule has 0 aliphatic carbocycles. The molecule has 0 radical (unpaired) electrons. The minimum atomic E-state index is -0.950. The standard InChI is InChI=1S/C17H22Cl2N2O4/c1-4-21(17(22)23)6-5-11-13(24-2)8-12(18)16(19)15(11)10-7-14(25-3)20-9-10/h8,10H,4-7,9H2,1-3H3,(H,22,23). The van der Waals surface area contributed by atoms with E-state index in [0.717, 1.165) is 11.1 Å². The zero-order valence-electron chi connectivity index (χ0n) is 14.5. The molecule has 6 nitrogen and oxygen atoms in total. The van der Waals surface area contributed by atoms with E-state index in [4.69, 9.17) is 32.7 Å². The van der Waals surface area contributed by atoms with Crippen LogP contribution in [-0.2, 0) is 11.2 Å². The van der Waals surface area contributed by atoms with Crippen molar-refractivity contribution in [2.45, 2.75) is 25.7 Å². The number of halogens is 2.